The maximum atomic E-state index is 12.6. The van der Waals surface area contributed by atoms with E-state index in [2.05, 4.69) is 32.1 Å². The van der Waals surface area contributed by atoms with E-state index in [9.17, 15) is 19.5 Å². The summed E-state index contributed by atoms with van der Waals surface area (Å²) in [5.41, 5.74) is 0. The number of carboxylic acid groups (broad SMARTS) is 1. The van der Waals surface area contributed by atoms with Crippen LogP contribution >= 0.6 is 0 Å². The van der Waals surface area contributed by atoms with Gasteiger partial charge in [0.2, 0.25) is 0 Å². The lowest BCUT2D eigenvalue weighted by Crippen LogP contribution is -2.55. The Morgan fingerprint density at radius 3 is 1.83 bits per heavy atom. The van der Waals surface area contributed by atoms with Crippen LogP contribution < -0.4 is 5.11 Å². The fourth-order valence-electron chi connectivity index (χ4n) is 4.61. The molecule has 0 rings (SSSR count). The molecule has 0 aliphatic heterocycles. The molecule has 0 radical (unpaired) electrons. The molecule has 8 heteroatoms. The lowest BCUT2D eigenvalue weighted by molar-refractivity contribution is -0.889. The number of carbonyl (C=O) groups is 3. The number of hydrogen-bond donors (Lipinski definition) is 0. The third kappa shape index (κ3) is 29.0. The smallest absolute Gasteiger partial charge is 0.306 e. The molecule has 0 saturated carbocycles. The quantitative estimate of drug-likeness (QED) is 0.0256. The van der Waals surface area contributed by atoms with E-state index in [-0.39, 0.29) is 49.1 Å². The molecule has 0 saturated heterocycles. The highest BCUT2D eigenvalue weighted by Gasteiger charge is 2.25. The zero-order valence-corrected chi connectivity index (χ0v) is 30.6. The topological polar surface area (TPSA) is 102 Å². The van der Waals surface area contributed by atoms with Crippen molar-refractivity contribution in [3.05, 3.63) is 72.9 Å². The second-order valence-corrected chi connectivity index (χ2v) is 12.8. The summed E-state index contributed by atoms with van der Waals surface area (Å²) in [4.78, 5) is 36.5. The average Bonchev–Trinajstić information content (AvgIpc) is 3.03. The Kier molecular flexibility index (Phi) is 29.0. The number of aliphatic carboxylic acids is 1. The predicted octanol–water partition coefficient (Wildman–Crippen LogP) is 7.51. The van der Waals surface area contributed by atoms with Crippen LogP contribution in [0.2, 0.25) is 0 Å². The number of nitrogens with zero attached hydrogens (tertiary/aromatic N) is 1. The van der Waals surface area contributed by atoms with Crippen LogP contribution in [0.25, 0.3) is 0 Å². The van der Waals surface area contributed by atoms with Gasteiger partial charge in [0.05, 0.1) is 40.3 Å². The van der Waals surface area contributed by atoms with Crippen molar-refractivity contribution in [2.75, 3.05) is 41.0 Å². The molecule has 0 spiro atoms. The Balaban J connectivity index is 4.62. The third-order valence-electron chi connectivity index (χ3n) is 7.45. The zero-order chi connectivity index (χ0) is 35.7. The summed E-state index contributed by atoms with van der Waals surface area (Å²) < 4.78 is 16.9. The first kappa shape index (κ1) is 44.8. The van der Waals surface area contributed by atoms with Crippen LogP contribution in [0.1, 0.15) is 110 Å². The number of quaternary nitrogens is 1. The minimum Gasteiger partial charge on any atom is -0.544 e. The Hall–Kier alpha value is -3.23. The van der Waals surface area contributed by atoms with E-state index < -0.39 is 18.1 Å². The van der Waals surface area contributed by atoms with Gasteiger partial charge in [-0.05, 0) is 44.9 Å². The van der Waals surface area contributed by atoms with Gasteiger partial charge in [0.15, 0.2) is 6.10 Å². The van der Waals surface area contributed by atoms with Crippen molar-refractivity contribution in [2.24, 2.45) is 0 Å². The molecule has 48 heavy (non-hydrogen) atoms. The van der Waals surface area contributed by atoms with E-state index in [0.29, 0.717) is 12.8 Å². The van der Waals surface area contributed by atoms with Crippen molar-refractivity contribution in [2.45, 2.75) is 122 Å². The molecule has 0 N–H and O–H groups in total. The third-order valence-corrected chi connectivity index (χ3v) is 7.45. The molecule has 0 bridgehead atoms. The summed E-state index contributed by atoms with van der Waals surface area (Å²) in [6, 6.07) is -0.739. The summed E-state index contributed by atoms with van der Waals surface area (Å²) in [5.74, 6) is -1.86. The minimum absolute atomic E-state index is 0.0104. The second-order valence-electron chi connectivity index (χ2n) is 12.8. The minimum atomic E-state index is -1.14. The highest BCUT2D eigenvalue weighted by Crippen LogP contribution is 2.11. The number of likely N-dealkylation sites (N-methyl/N-ethyl adjacent to an activating group) is 1. The van der Waals surface area contributed by atoms with Crippen LogP contribution in [-0.4, -0.2) is 75.5 Å². The number of rotatable bonds is 30. The van der Waals surface area contributed by atoms with Gasteiger partial charge in [-0.15, -0.1) is 0 Å². The van der Waals surface area contributed by atoms with E-state index in [4.69, 9.17) is 14.2 Å². The first-order chi connectivity index (χ1) is 23.1. The molecule has 0 fully saturated rings. The van der Waals surface area contributed by atoms with Crippen molar-refractivity contribution in [1.29, 1.82) is 0 Å². The van der Waals surface area contributed by atoms with Gasteiger partial charge >= 0.3 is 11.9 Å². The van der Waals surface area contributed by atoms with Gasteiger partial charge in [-0.25, -0.2) is 0 Å². The SMILES string of the molecule is CC/C=C/C=C/C=C/C=C/C=C/CCCC(=O)OCC(COCCC(C(=O)[O-])[N+](C)(C)C)OC(=O)CCCCCCC/C=C/CCCC. The molecule has 0 amide bonds. The van der Waals surface area contributed by atoms with E-state index in [1.807, 2.05) is 54.7 Å². The number of ether oxygens (including phenoxy) is 3. The molecule has 0 aromatic carbocycles. The Labute approximate surface area is 291 Å². The van der Waals surface area contributed by atoms with Crippen molar-refractivity contribution in [3.8, 4) is 0 Å². The monoisotopic (exact) mass is 671 g/mol. The first-order valence-electron chi connectivity index (χ1n) is 18.0. The molecule has 0 aromatic heterocycles. The average molecular weight is 672 g/mol. The van der Waals surface area contributed by atoms with Crippen molar-refractivity contribution in [3.63, 3.8) is 0 Å². The first-order valence-corrected chi connectivity index (χ1v) is 18.0. The van der Waals surface area contributed by atoms with Gasteiger partial charge in [0.25, 0.3) is 0 Å². The van der Waals surface area contributed by atoms with Crippen LogP contribution in [0, 0.1) is 0 Å². The summed E-state index contributed by atoms with van der Waals surface area (Å²) in [6.45, 7) is 4.35. The summed E-state index contributed by atoms with van der Waals surface area (Å²) in [6.07, 6.45) is 36.5. The molecule has 2 unspecified atom stereocenters. The van der Waals surface area contributed by atoms with Crippen LogP contribution in [0.5, 0.6) is 0 Å². The molecular formula is C40H65NO7. The highest BCUT2D eigenvalue weighted by molar-refractivity contribution is 5.70. The molecule has 0 aromatic rings. The van der Waals surface area contributed by atoms with Gasteiger partial charge < -0.3 is 28.6 Å². The normalized spacial score (nSPS) is 13.9. The molecule has 2 atom stereocenters. The number of unbranched alkanes of at least 4 members (excludes halogenated alkanes) is 8. The maximum Gasteiger partial charge on any atom is 0.306 e. The Morgan fingerprint density at radius 1 is 0.646 bits per heavy atom. The second kappa shape index (κ2) is 31.1. The fraction of sp³-hybridized carbons (Fsp3) is 0.625. The Morgan fingerprint density at radius 2 is 1.21 bits per heavy atom. The van der Waals surface area contributed by atoms with Gasteiger partial charge in [-0.3, -0.25) is 9.59 Å². The number of hydrogen-bond acceptors (Lipinski definition) is 7. The summed E-state index contributed by atoms with van der Waals surface area (Å²) >= 11 is 0. The van der Waals surface area contributed by atoms with Gasteiger partial charge in [0.1, 0.15) is 12.6 Å². The maximum absolute atomic E-state index is 12.6. The van der Waals surface area contributed by atoms with Crippen molar-refractivity contribution >= 4 is 17.9 Å². The van der Waals surface area contributed by atoms with E-state index >= 15 is 0 Å². The van der Waals surface area contributed by atoms with Gasteiger partial charge in [0, 0.05) is 19.3 Å². The molecule has 0 aliphatic carbocycles. The lowest BCUT2D eigenvalue weighted by atomic mass is 10.1. The van der Waals surface area contributed by atoms with Gasteiger partial charge in [-0.2, -0.15) is 0 Å². The van der Waals surface area contributed by atoms with E-state index in [1.54, 1.807) is 21.1 Å². The zero-order valence-electron chi connectivity index (χ0n) is 30.6. The van der Waals surface area contributed by atoms with Crippen molar-refractivity contribution in [1.82, 2.24) is 0 Å². The van der Waals surface area contributed by atoms with E-state index in [0.717, 1.165) is 57.8 Å². The van der Waals surface area contributed by atoms with Crippen molar-refractivity contribution < 1.29 is 38.2 Å². The highest BCUT2D eigenvalue weighted by atomic mass is 16.6. The van der Waals surface area contributed by atoms with Crippen LogP contribution in [0.3, 0.4) is 0 Å². The largest absolute Gasteiger partial charge is 0.544 e. The van der Waals surface area contributed by atoms with E-state index in [1.165, 1.54) is 12.8 Å². The molecule has 272 valence electrons. The number of allylic oxidation sites excluding steroid dienone is 12. The molecule has 0 aliphatic rings. The van der Waals surface area contributed by atoms with Crippen LogP contribution in [0.4, 0.5) is 0 Å². The lowest BCUT2D eigenvalue weighted by Gasteiger charge is -2.34. The molecular weight excluding hydrogens is 606 g/mol. The standard InChI is InChI=1S/C40H65NO7/c1-6-8-10-12-14-16-18-19-21-22-24-26-28-30-38(42)47-35-36(34-46-33-32-37(40(44)45)41(3,4)5)48-39(43)31-29-27-25-23-20-17-15-13-11-9-7-2/h8,10,12-16,18-19,21-22,24,36-37H,6-7,9,11,17,20,23,25-35H2,1-5H3/b10-8+,14-12+,15-13+,18-16+,21-19+,24-22+. The molecule has 0 heterocycles. The van der Waals surface area contributed by atoms with Crippen LogP contribution in [-0.2, 0) is 28.6 Å². The summed E-state index contributed by atoms with van der Waals surface area (Å²) in [7, 11) is 5.36. The number of carboxylic acids is 1. The molecule has 8 nitrogen and oxygen atoms in total. The fourth-order valence-corrected chi connectivity index (χ4v) is 4.61. The summed E-state index contributed by atoms with van der Waals surface area (Å²) in [5, 5.41) is 11.6. The van der Waals surface area contributed by atoms with Gasteiger partial charge in [-0.1, -0.05) is 119 Å². The number of carbonyl (C=O) groups excluding carboxylic acids is 3. The van der Waals surface area contributed by atoms with Crippen LogP contribution in [0.15, 0.2) is 72.9 Å². The Bertz CT molecular complexity index is 1020. The predicted molar refractivity (Wildman–Crippen MR) is 194 cm³/mol. The number of esters is 2.